The first-order valence-corrected chi connectivity index (χ1v) is 6.56. The molecule has 0 aliphatic heterocycles. The van der Waals surface area contributed by atoms with Gasteiger partial charge in [-0.05, 0) is 24.3 Å². The molecule has 0 aliphatic carbocycles. The minimum atomic E-state index is -0.308. The van der Waals surface area contributed by atoms with Crippen molar-refractivity contribution in [2.45, 2.75) is 6.54 Å². The maximum atomic E-state index is 14.1. The monoisotopic (exact) mass is 280 g/mol. The zero-order valence-corrected chi connectivity index (χ0v) is 11.3. The van der Waals surface area contributed by atoms with E-state index in [1.165, 1.54) is 6.07 Å². The van der Waals surface area contributed by atoms with Gasteiger partial charge in [-0.3, -0.25) is 0 Å². The van der Waals surface area contributed by atoms with E-state index >= 15 is 0 Å². The second-order valence-electron chi connectivity index (χ2n) is 4.63. The molecule has 0 amide bonds. The predicted octanol–water partition coefficient (Wildman–Crippen LogP) is 2.57. The number of aromatic nitrogens is 2. The van der Waals surface area contributed by atoms with Crippen LogP contribution in [-0.4, -0.2) is 21.3 Å². The number of hydrogen-bond acceptors (Lipinski definition) is 2. The Balaban J connectivity index is 1.91. The number of hydrogen-bond donors (Lipinski definition) is 1. The number of halogens is 1. The van der Waals surface area contributed by atoms with Gasteiger partial charge in [0.05, 0.1) is 23.9 Å². The SMILES string of the molecule is OCC#Cc1ccc(Cn2cnc3ccccc32)c(F)c1. The molecule has 0 bridgehead atoms. The molecule has 4 heteroatoms. The maximum absolute atomic E-state index is 14.1. The normalized spacial score (nSPS) is 10.4. The van der Waals surface area contributed by atoms with E-state index in [0.717, 1.165) is 11.0 Å². The number of imidazole rings is 1. The van der Waals surface area contributed by atoms with Gasteiger partial charge >= 0.3 is 0 Å². The standard InChI is InChI=1S/C17H13FN2O/c18-15-10-13(4-3-9-21)7-8-14(15)11-20-12-19-16-5-1-2-6-17(16)20/h1-2,5-8,10,12,21H,9,11H2. The smallest absolute Gasteiger partial charge is 0.129 e. The van der Waals surface area contributed by atoms with Gasteiger partial charge in [-0.15, -0.1) is 0 Å². The fourth-order valence-corrected chi connectivity index (χ4v) is 2.21. The molecule has 3 rings (SSSR count). The first-order valence-electron chi connectivity index (χ1n) is 6.56. The molecular weight excluding hydrogens is 267 g/mol. The molecule has 2 aromatic carbocycles. The Labute approximate surface area is 121 Å². The highest BCUT2D eigenvalue weighted by Crippen LogP contribution is 2.16. The van der Waals surface area contributed by atoms with Crippen molar-refractivity contribution in [3.05, 3.63) is 65.7 Å². The van der Waals surface area contributed by atoms with Gasteiger partial charge in [-0.25, -0.2) is 9.37 Å². The highest BCUT2D eigenvalue weighted by molar-refractivity contribution is 5.75. The lowest BCUT2D eigenvalue weighted by Gasteiger charge is -2.06. The lowest BCUT2D eigenvalue weighted by molar-refractivity contribution is 0.350. The zero-order chi connectivity index (χ0) is 14.7. The molecular formula is C17H13FN2O. The fraction of sp³-hybridized carbons (Fsp3) is 0.118. The number of aliphatic hydroxyl groups is 1. The van der Waals surface area contributed by atoms with Crippen molar-refractivity contribution < 1.29 is 9.50 Å². The third-order valence-corrected chi connectivity index (χ3v) is 3.23. The van der Waals surface area contributed by atoms with Gasteiger partial charge in [0.2, 0.25) is 0 Å². The van der Waals surface area contributed by atoms with E-state index in [1.807, 2.05) is 28.8 Å². The van der Waals surface area contributed by atoms with Crippen LogP contribution in [0.25, 0.3) is 11.0 Å². The lowest BCUT2D eigenvalue weighted by Crippen LogP contribution is -2.01. The summed E-state index contributed by atoms with van der Waals surface area (Å²) in [7, 11) is 0. The molecule has 0 saturated heterocycles. The van der Waals surface area contributed by atoms with Crippen LogP contribution in [0, 0.1) is 17.7 Å². The molecule has 0 saturated carbocycles. The van der Waals surface area contributed by atoms with Gasteiger partial charge in [-0.2, -0.15) is 0 Å². The van der Waals surface area contributed by atoms with Crippen molar-refractivity contribution in [2.24, 2.45) is 0 Å². The molecule has 3 aromatic rings. The third kappa shape index (κ3) is 2.78. The molecule has 1 N–H and O–H groups in total. The van der Waals surface area contributed by atoms with Crippen molar-refractivity contribution in [1.82, 2.24) is 9.55 Å². The third-order valence-electron chi connectivity index (χ3n) is 3.23. The Morgan fingerprint density at radius 2 is 2.05 bits per heavy atom. The summed E-state index contributed by atoms with van der Waals surface area (Å²) in [6, 6.07) is 12.6. The molecule has 104 valence electrons. The number of benzene rings is 2. The summed E-state index contributed by atoms with van der Waals surface area (Å²) in [5.41, 5.74) is 3.00. The summed E-state index contributed by atoms with van der Waals surface area (Å²) < 4.78 is 16.0. The van der Waals surface area contributed by atoms with Crippen molar-refractivity contribution in [1.29, 1.82) is 0 Å². The molecule has 0 unspecified atom stereocenters. The van der Waals surface area contributed by atoms with Crippen LogP contribution in [0.2, 0.25) is 0 Å². The van der Waals surface area contributed by atoms with Crippen LogP contribution >= 0.6 is 0 Å². The topological polar surface area (TPSA) is 38.0 Å². The Morgan fingerprint density at radius 3 is 2.86 bits per heavy atom. The molecule has 0 fully saturated rings. The summed E-state index contributed by atoms with van der Waals surface area (Å²) in [6.45, 7) is 0.185. The number of nitrogens with zero attached hydrogens (tertiary/aromatic N) is 2. The van der Waals surface area contributed by atoms with E-state index in [0.29, 0.717) is 17.7 Å². The fourth-order valence-electron chi connectivity index (χ4n) is 2.21. The van der Waals surface area contributed by atoms with E-state index in [1.54, 1.807) is 18.5 Å². The second-order valence-corrected chi connectivity index (χ2v) is 4.63. The van der Waals surface area contributed by atoms with E-state index in [9.17, 15) is 4.39 Å². The van der Waals surface area contributed by atoms with Gasteiger partial charge in [0.15, 0.2) is 0 Å². The minimum absolute atomic E-state index is 0.232. The van der Waals surface area contributed by atoms with Crippen LogP contribution in [0.4, 0.5) is 4.39 Å². The van der Waals surface area contributed by atoms with Gasteiger partial charge in [-0.1, -0.05) is 30.0 Å². The molecule has 0 radical (unpaired) electrons. The summed E-state index contributed by atoms with van der Waals surface area (Å²) >= 11 is 0. The van der Waals surface area contributed by atoms with E-state index in [4.69, 9.17) is 5.11 Å². The van der Waals surface area contributed by atoms with Gasteiger partial charge < -0.3 is 9.67 Å². The van der Waals surface area contributed by atoms with Crippen molar-refractivity contribution >= 4 is 11.0 Å². The average molecular weight is 280 g/mol. The molecule has 3 nitrogen and oxygen atoms in total. The number of fused-ring (bicyclic) bond motifs is 1. The van der Waals surface area contributed by atoms with Gasteiger partial charge in [0.1, 0.15) is 12.4 Å². The average Bonchev–Trinajstić information content (AvgIpc) is 2.91. The second kappa shape index (κ2) is 5.78. The Kier molecular flexibility index (Phi) is 3.67. The van der Waals surface area contributed by atoms with E-state index in [-0.39, 0.29) is 12.4 Å². The van der Waals surface area contributed by atoms with E-state index in [2.05, 4.69) is 16.8 Å². The van der Waals surface area contributed by atoms with Gasteiger partial charge in [0.25, 0.3) is 0 Å². The molecule has 0 spiro atoms. The Bertz CT molecular complexity index is 843. The van der Waals surface area contributed by atoms with Gasteiger partial charge in [0, 0.05) is 11.1 Å². The minimum Gasteiger partial charge on any atom is -0.384 e. The quantitative estimate of drug-likeness (QED) is 0.733. The van der Waals surface area contributed by atoms with Crippen LogP contribution in [0.3, 0.4) is 0 Å². The van der Waals surface area contributed by atoms with Crippen molar-refractivity contribution in [3.63, 3.8) is 0 Å². The molecule has 1 heterocycles. The van der Waals surface area contributed by atoms with Crippen molar-refractivity contribution in [3.8, 4) is 11.8 Å². The van der Waals surface area contributed by atoms with Crippen LogP contribution < -0.4 is 0 Å². The summed E-state index contributed by atoms with van der Waals surface area (Å²) in [5, 5.41) is 8.65. The largest absolute Gasteiger partial charge is 0.384 e. The first-order chi connectivity index (χ1) is 10.3. The lowest BCUT2D eigenvalue weighted by atomic mass is 10.1. The molecule has 1 aromatic heterocycles. The van der Waals surface area contributed by atoms with E-state index < -0.39 is 0 Å². The van der Waals surface area contributed by atoms with Crippen molar-refractivity contribution in [2.75, 3.05) is 6.61 Å². The van der Waals surface area contributed by atoms with Crippen LogP contribution in [0.15, 0.2) is 48.8 Å². The highest BCUT2D eigenvalue weighted by Gasteiger charge is 2.06. The maximum Gasteiger partial charge on any atom is 0.129 e. The molecule has 0 aliphatic rings. The predicted molar refractivity (Wildman–Crippen MR) is 79.2 cm³/mol. The summed E-state index contributed by atoms with van der Waals surface area (Å²) in [5.74, 6) is 4.89. The summed E-state index contributed by atoms with van der Waals surface area (Å²) in [4.78, 5) is 4.29. The highest BCUT2D eigenvalue weighted by atomic mass is 19.1. The van der Waals surface area contributed by atoms with Crippen LogP contribution in [-0.2, 0) is 6.54 Å². The zero-order valence-electron chi connectivity index (χ0n) is 11.3. The first kappa shape index (κ1) is 13.3. The van der Waals surface area contributed by atoms with Crippen LogP contribution in [0.5, 0.6) is 0 Å². The Hall–Kier alpha value is -2.64. The summed E-state index contributed by atoms with van der Waals surface area (Å²) in [6.07, 6.45) is 1.71. The molecule has 0 atom stereocenters. The van der Waals surface area contributed by atoms with Crippen LogP contribution in [0.1, 0.15) is 11.1 Å². The Morgan fingerprint density at radius 1 is 1.19 bits per heavy atom. The number of aliphatic hydroxyl groups excluding tert-OH is 1. The number of para-hydroxylation sites is 2. The number of rotatable bonds is 2. The molecule has 21 heavy (non-hydrogen) atoms.